The third kappa shape index (κ3) is 3.99. The van der Waals surface area contributed by atoms with Crippen LogP contribution in [0, 0.1) is 6.92 Å². The Labute approximate surface area is 170 Å². The third-order valence-corrected chi connectivity index (χ3v) is 5.47. The van der Waals surface area contributed by atoms with Crippen molar-refractivity contribution < 1.29 is 14.3 Å². The second kappa shape index (κ2) is 7.66. The Hall–Kier alpha value is -3.22. The molecule has 7 heteroatoms. The molecule has 2 aliphatic rings. The lowest BCUT2D eigenvalue weighted by atomic mass is 9.92. The molecule has 0 saturated carbocycles. The van der Waals surface area contributed by atoms with E-state index >= 15 is 0 Å². The highest BCUT2D eigenvalue weighted by Crippen LogP contribution is 2.32. The van der Waals surface area contributed by atoms with Crippen LogP contribution in [0.2, 0.25) is 0 Å². The normalized spacial score (nSPS) is 17.2. The van der Waals surface area contributed by atoms with Crippen LogP contribution in [0.15, 0.2) is 42.5 Å². The van der Waals surface area contributed by atoms with E-state index in [2.05, 4.69) is 16.0 Å². The number of piperidine rings is 1. The Kier molecular flexibility index (Phi) is 5.05. The highest BCUT2D eigenvalue weighted by Gasteiger charge is 2.41. The molecule has 0 radical (unpaired) electrons. The Morgan fingerprint density at radius 1 is 1.14 bits per heavy atom. The molecule has 2 aromatic rings. The molecule has 1 saturated heterocycles. The van der Waals surface area contributed by atoms with Gasteiger partial charge in [0.25, 0.3) is 5.91 Å². The summed E-state index contributed by atoms with van der Waals surface area (Å²) in [5.41, 5.74) is 2.80. The lowest BCUT2D eigenvalue weighted by Gasteiger charge is -2.45. The maximum atomic E-state index is 12.6. The summed E-state index contributed by atoms with van der Waals surface area (Å²) in [7, 11) is 0. The Morgan fingerprint density at radius 2 is 1.86 bits per heavy atom. The Morgan fingerprint density at radius 3 is 2.55 bits per heavy atom. The minimum absolute atomic E-state index is 0.0604. The molecule has 2 heterocycles. The van der Waals surface area contributed by atoms with Crippen LogP contribution >= 0.6 is 0 Å². The number of anilines is 2. The average Bonchev–Trinajstić information content (AvgIpc) is 2.71. The largest absolute Gasteiger partial charge is 0.494 e. The van der Waals surface area contributed by atoms with Gasteiger partial charge >= 0.3 is 6.03 Å². The molecule has 2 aliphatic heterocycles. The van der Waals surface area contributed by atoms with E-state index in [9.17, 15) is 9.59 Å². The van der Waals surface area contributed by atoms with Gasteiger partial charge in [-0.05, 0) is 50.2 Å². The number of hydrogen-bond acceptors (Lipinski definition) is 4. The van der Waals surface area contributed by atoms with E-state index in [1.165, 1.54) is 0 Å². The SMILES string of the molecule is CCOc1ccc(NC(=O)N2CCC3(CC2)NC(=O)c2cc(C)ccc2N3)cc1. The number of likely N-dealkylation sites (tertiary alicyclic amines) is 1. The first-order valence-corrected chi connectivity index (χ1v) is 9.98. The predicted molar refractivity (Wildman–Crippen MR) is 112 cm³/mol. The van der Waals surface area contributed by atoms with E-state index in [1.807, 2.05) is 56.3 Å². The van der Waals surface area contributed by atoms with E-state index in [4.69, 9.17) is 4.74 Å². The van der Waals surface area contributed by atoms with E-state index in [0.717, 1.165) is 22.7 Å². The Balaban J connectivity index is 1.37. The van der Waals surface area contributed by atoms with Crippen molar-refractivity contribution in [3.8, 4) is 5.75 Å². The first kappa shape index (κ1) is 19.1. The molecule has 3 N–H and O–H groups in total. The molecular formula is C22H26N4O3. The summed E-state index contributed by atoms with van der Waals surface area (Å²) in [5.74, 6) is 0.717. The minimum Gasteiger partial charge on any atom is -0.494 e. The van der Waals surface area contributed by atoms with Crippen LogP contribution < -0.4 is 20.7 Å². The van der Waals surface area contributed by atoms with Gasteiger partial charge in [0.05, 0.1) is 12.2 Å². The van der Waals surface area contributed by atoms with Crippen molar-refractivity contribution in [2.75, 3.05) is 30.3 Å². The van der Waals surface area contributed by atoms with Gasteiger partial charge in [0.1, 0.15) is 11.4 Å². The minimum atomic E-state index is -0.505. The van der Waals surface area contributed by atoms with E-state index < -0.39 is 5.66 Å². The van der Waals surface area contributed by atoms with Crippen molar-refractivity contribution in [2.45, 2.75) is 32.4 Å². The van der Waals surface area contributed by atoms with Crippen molar-refractivity contribution >= 4 is 23.3 Å². The predicted octanol–water partition coefficient (Wildman–Crippen LogP) is 3.57. The fourth-order valence-corrected chi connectivity index (χ4v) is 3.87. The molecule has 3 amide bonds. The highest BCUT2D eigenvalue weighted by molar-refractivity contribution is 6.02. The molecule has 0 aliphatic carbocycles. The number of rotatable bonds is 3. The molecule has 0 aromatic heterocycles. The number of amides is 3. The molecule has 0 atom stereocenters. The quantitative estimate of drug-likeness (QED) is 0.743. The fourth-order valence-electron chi connectivity index (χ4n) is 3.87. The second-order valence-electron chi connectivity index (χ2n) is 7.58. The van der Waals surface area contributed by atoms with Crippen LogP contribution in [0.5, 0.6) is 5.75 Å². The topological polar surface area (TPSA) is 82.7 Å². The van der Waals surface area contributed by atoms with Crippen molar-refractivity contribution in [3.05, 3.63) is 53.6 Å². The highest BCUT2D eigenvalue weighted by atomic mass is 16.5. The van der Waals surface area contributed by atoms with Gasteiger partial charge < -0.3 is 25.6 Å². The maximum absolute atomic E-state index is 12.6. The van der Waals surface area contributed by atoms with Crippen molar-refractivity contribution in [1.82, 2.24) is 10.2 Å². The lowest BCUT2D eigenvalue weighted by Crippen LogP contribution is -2.63. The van der Waals surface area contributed by atoms with Gasteiger partial charge in [-0.15, -0.1) is 0 Å². The molecule has 152 valence electrons. The number of carbonyl (C=O) groups is 2. The molecule has 29 heavy (non-hydrogen) atoms. The summed E-state index contributed by atoms with van der Waals surface area (Å²) in [6.07, 6.45) is 1.28. The maximum Gasteiger partial charge on any atom is 0.321 e. The molecule has 2 aromatic carbocycles. The zero-order valence-corrected chi connectivity index (χ0v) is 16.7. The van der Waals surface area contributed by atoms with Gasteiger partial charge in [-0.3, -0.25) is 4.79 Å². The number of hydrogen-bond donors (Lipinski definition) is 3. The summed E-state index contributed by atoms with van der Waals surface area (Å²) < 4.78 is 5.42. The first-order valence-electron chi connectivity index (χ1n) is 9.98. The van der Waals surface area contributed by atoms with Gasteiger partial charge in [-0.1, -0.05) is 11.6 Å². The fraction of sp³-hybridized carbons (Fsp3) is 0.364. The van der Waals surface area contributed by atoms with Crippen molar-refractivity contribution in [2.24, 2.45) is 0 Å². The van der Waals surface area contributed by atoms with Gasteiger partial charge in [0.15, 0.2) is 0 Å². The second-order valence-corrected chi connectivity index (χ2v) is 7.58. The summed E-state index contributed by atoms with van der Waals surface area (Å²) in [6.45, 7) is 5.62. The van der Waals surface area contributed by atoms with Gasteiger partial charge in [0, 0.05) is 37.3 Å². The van der Waals surface area contributed by atoms with Crippen LogP contribution in [0.4, 0.5) is 16.2 Å². The number of urea groups is 1. The van der Waals surface area contributed by atoms with Crippen molar-refractivity contribution in [3.63, 3.8) is 0 Å². The number of carbonyl (C=O) groups excluding carboxylic acids is 2. The zero-order chi connectivity index (χ0) is 20.4. The first-order chi connectivity index (χ1) is 14.0. The lowest BCUT2D eigenvalue weighted by molar-refractivity contribution is 0.0852. The summed E-state index contributed by atoms with van der Waals surface area (Å²) in [6, 6.07) is 13.0. The smallest absolute Gasteiger partial charge is 0.321 e. The number of benzene rings is 2. The van der Waals surface area contributed by atoms with Gasteiger partial charge in [0.2, 0.25) is 0 Å². The zero-order valence-electron chi connectivity index (χ0n) is 16.7. The standard InChI is InChI=1S/C22H26N4O3/c1-3-29-17-7-5-16(6-8-17)23-21(28)26-12-10-22(11-13-26)24-19-9-4-15(2)14-18(19)20(27)25-22/h4-9,14,24H,3,10-13H2,1-2H3,(H,23,28)(H,25,27). The van der Waals surface area contributed by atoms with Gasteiger partial charge in [-0.25, -0.2) is 4.79 Å². The monoisotopic (exact) mass is 394 g/mol. The number of nitrogens with zero attached hydrogens (tertiary/aromatic N) is 1. The van der Waals surface area contributed by atoms with E-state index in [-0.39, 0.29) is 11.9 Å². The Bertz CT molecular complexity index is 918. The molecule has 1 fully saturated rings. The molecule has 7 nitrogen and oxygen atoms in total. The number of aryl methyl sites for hydroxylation is 1. The van der Waals surface area contributed by atoms with Crippen LogP contribution in [0.3, 0.4) is 0 Å². The van der Waals surface area contributed by atoms with Crippen molar-refractivity contribution in [1.29, 1.82) is 0 Å². The average molecular weight is 394 g/mol. The summed E-state index contributed by atoms with van der Waals surface area (Å²) in [4.78, 5) is 27.0. The van der Waals surface area contributed by atoms with Crippen LogP contribution in [-0.4, -0.2) is 42.2 Å². The third-order valence-electron chi connectivity index (χ3n) is 5.47. The summed E-state index contributed by atoms with van der Waals surface area (Å²) in [5, 5.41) is 9.54. The number of fused-ring (bicyclic) bond motifs is 1. The molecule has 4 rings (SSSR count). The number of ether oxygens (including phenoxy) is 1. The molecule has 1 spiro atoms. The van der Waals surface area contributed by atoms with Crippen LogP contribution in [-0.2, 0) is 0 Å². The molecule has 0 unspecified atom stereocenters. The van der Waals surface area contributed by atoms with Crippen LogP contribution in [0.25, 0.3) is 0 Å². The number of nitrogens with one attached hydrogen (secondary N) is 3. The van der Waals surface area contributed by atoms with Crippen LogP contribution in [0.1, 0.15) is 35.7 Å². The molecular weight excluding hydrogens is 368 g/mol. The van der Waals surface area contributed by atoms with E-state index in [0.29, 0.717) is 38.1 Å². The van der Waals surface area contributed by atoms with Gasteiger partial charge in [-0.2, -0.15) is 0 Å². The van der Waals surface area contributed by atoms with E-state index in [1.54, 1.807) is 4.90 Å². The summed E-state index contributed by atoms with van der Waals surface area (Å²) >= 11 is 0. The molecule has 0 bridgehead atoms.